The first-order valence-corrected chi connectivity index (χ1v) is 17.4. The number of nitrogens with zero attached hydrogens (tertiary/aromatic N) is 6. The van der Waals surface area contributed by atoms with E-state index in [2.05, 4.69) is 62.5 Å². The van der Waals surface area contributed by atoms with Gasteiger partial charge in [-0.2, -0.15) is 0 Å². The van der Waals surface area contributed by atoms with Gasteiger partial charge in [0.2, 0.25) is 0 Å². The van der Waals surface area contributed by atoms with Crippen LogP contribution >= 0.6 is 0 Å². The second-order valence-electron chi connectivity index (χ2n) is 14.0. The van der Waals surface area contributed by atoms with Crippen molar-refractivity contribution >= 4 is 28.9 Å². The number of ether oxygens (including phenoxy) is 1. The lowest BCUT2D eigenvalue weighted by Gasteiger charge is -2.57. The highest BCUT2D eigenvalue weighted by Gasteiger charge is 2.46. The number of aryl methyl sites for hydroxylation is 1. The molecular formula is C36H49N9O2. The van der Waals surface area contributed by atoms with Gasteiger partial charge in [0, 0.05) is 69.0 Å². The fourth-order valence-corrected chi connectivity index (χ4v) is 7.86. The Balaban J connectivity index is 1.07. The number of hydrogen-bond donors (Lipinski definition) is 3. The number of primary amides is 1. The number of hydrogen-bond acceptors (Lipinski definition) is 10. The number of aromatic nitrogens is 3. The van der Waals surface area contributed by atoms with Crippen molar-refractivity contribution in [2.45, 2.75) is 64.0 Å². The summed E-state index contributed by atoms with van der Waals surface area (Å²) in [6.07, 6.45) is 9.46. The summed E-state index contributed by atoms with van der Waals surface area (Å²) in [5.74, 6) is 0.260. The molecule has 250 valence electrons. The number of nitrogens with one attached hydrogen (secondary N) is 2. The Labute approximate surface area is 278 Å². The van der Waals surface area contributed by atoms with Gasteiger partial charge >= 0.3 is 0 Å². The highest BCUT2D eigenvalue weighted by atomic mass is 16.5. The number of rotatable bonds is 9. The molecule has 4 N–H and O–H groups in total. The molecule has 4 fully saturated rings. The maximum atomic E-state index is 12.7. The average molecular weight is 640 g/mol. The Morgan fingerprint density at radius 1 is 1.00 bits per heavy atom. The fraction of sp³-hybridized carbons (Fsp3) is 0.556. The minimum Gasteiger partial charge on any atom is -0.381 e. The molecular weight excluding hydrogens is 590 g/mol. The first kappa shape index (κ1) is 31.8. The second-order valence-corrected chi connectivity index (χ2v) is 14.0. The minimum atomic E-state index is -0.644. The molecule has 4 aliphatic heterocycles. The van der Waals surface area contributed by atoms with E-state index in [1.807, 2.05) is 18.2 Å². The van der Waals surface area contributed by atoms with E-state index in [0.29, 0.717) is 47.7 Å². The summed E-state index contributed by atoms with van der Waals surface area (Å²) in [4.78, 5) is 34.6. The number of benzene rings is 1. The Bertz CT molecular complexity index is 1540. The van der Waals surface area contributed by atoms with Crippen molar-refractivity contribution < 1.29 is 9.53 Å². The van der Waals surface area contributed by atoms with Crippen LogP contribution in [0, 0.1) is 5.41 Å². The van der Waals surface area contributed by atoms with Crippen molar-refractivity contribution in [3.63, 3.8) is 0 Å². The summed E-state index contributed by atoms with van der Waals surface area (Å²) in [6, 6.07) is 12.9. The van der Waals surface area contributed by atoms with Crippen LogP contribution in [0.15, 0.2) is 42.6 Å². The molecule has 0 saturated carbocycles. The van der Waals surface area contributed by atoms with E-state index < -0.39 is 5.91 Å². The van der Waals surface area contributed by atoms with Gasteiger partial charge in [-0.05, 0) is 106 Å². The molecule has 11 heteroatoms. The topological polar surface area (TPSA) is 125 Å². The highest BCUT2D eigenvalue weighted by molar-refractivity contribution is 5.97. The molecule has 0 radical (unpaired) electrons. The van der Waals surface area contributed by atoms with Crippen LogP contribution in [0.5, 0.6) is 0 Å². The Hall–Kier alpha value is -3.80. The molecule has 4 aliphatic rings. The summed E-state index contributed by atoms with van der Waals surface area (Å²) in [6.45, 7) is 10.8. The molecule has 0 unspecified atom stereocenters. The van der Waals surface area contributed by atoms with E-state index in [4.69, 9.17) is 20.4 Å². The first-order valence-electron chi connectivity index (χ1n) is 17.4. The summed E-state index contributed by atoms with van der Waals surface area (Å²) in [5, 5.41) is 6.95. The third kappa shape index (κ3) is 6.93. The third-order valence-corrected chi connectivity index (χ3v) is 10.8. The summed E-state index contributed by atoms with van der Waals surface area (Å²) in [7, 11) is 2.25. The van der Waals surface area contributed by atoms with E-state index in [-0.39, 0.29) is 11.7 Å². The number of likely N-dealkylation sites (tertiary alicyclic amines) is 2. The average Bonchev–Trinajstić information content (AvgIpc) is 3.09. The SMILES string of the molecule is CCc1cc(Nc2nc(NC3CCOCC3)c(-c3ccccn3)nc2C(N)=O)ccc1N1CCC(N2CC3(CCN(C)CC3)C2)CC1. The van der Waals surface area contributed by atoms with Gasteiger partial charge in [-0.3, -0.25) is 14.7 Å². The van der Waals surface area contributed by atoms with E-state index >= 15 is 0 Å². The molecule has 4 saturated heterocycles. The molecule has 0 bridgehead atoms. The molecule has 11 nitrogen and oxygen atoms in total. The summed E-state index contributed by atoms with van der Waals surface area (Å²) >= 11 is 0. The smallest absolute Gasteiger partial charge is 0.271 e. The Kier molecular flexibility index (Phi) is 9.29. The first-order chi connectivity index (χ1) is 22.9. The maximum absolute atomic E-state index is 12.7. The van der Waals surface area contributed by atoms with Crippen LogP contribution < -0.4 is 21.3 Å². The quantitative estimate of drug-likeness (QED) is 0.308. The number of nitrogens with two attached hydrogens (primary N) is 1. The molecule has 1 spiro atoms. The molecule has 0 atom stereocenters. The lowest BCUT2D eigenvalue weighted by atomic mass is 9.71. The molecule has 2 aromatic heterocycles. The van der Waals surface area contributed by atoms with E-state index in [9.17, 15) is 4.79 Å². The lowest BCUT2D eigenvalue weighted by molar-refractivity contribution is -0.0704. The number of carbonyl (C=O) groups excluding carboxylic acids is 1. The van der Waals surface area contributed by atoms with Crippen molar-refractivity contribution in [3.8, 4) is 11.4 Å². The number of carbonyl (C=O) groups is 1. The molecule has 1 amide bonds. The normalized spacial score (nSPS) is 21.0. The molecule has 1 aromatic carbocycles. The Morgan fingerprint density at radius 3 is 2.45 bits per heavy atom. The highest BCUT2D eigenvalue weighted by Crippen LogP contribution is 2.43. The number of piperidine rings is 2. The van der Waals surface area contributed by atoms with Crippen molar-refractivity contribution in [1.82, 2.24) is 24.8 Å². The van der Waals surface area contributed by atoms with Crippen LogP contribution in [0.4, 0.5) is 23.0 Å². The number of anilines is 4. The predicted molar refractivity (Wildman–Crippen MR) is 186 cm³/mol. The summed E-state index contributed by atoms with van der Waals surface area (Å²) < 4.78 is 5.56. The standard InChI is InChI=1S/C36H49N9O2/c1-3-25-22-27(7-8-30(25)44-16-9-28(10-17-44)45-23-36(24-45)13-18-43(2)19-14-36)40-35-32(33(37)46)41-31(29-6-4-5-15-38-29)34(42-35)39-26-11-20-47-21-12-26/h4-8,15,22,26,28H,3,9-14,16-21,23-24H2,1-2H3,(H2,37,46)(H2,39,40,42). The van der Waals surface area contributed by atoms with Crippen molar-refractivity contribution in [2.24, 2.45) is 11.1 Å². The third-order valence-electron chi connectivity index (χ3n) is 10.8. The van der Waals surface area contributed by atoms with Gasteiger partial charge in [-0.15, -0.1) is 0 Å². The van der Waals surface area contributed by atoms with E-state index in [1.54, 1.807) is 6.20 Å². The molecule has 3 aromatic rings. The van der Waals surface area contributed by atoms with Crippen LogP contribution in [0.1, 0.15) is 61.5 Å². The minimum absolute atomic E-state index is 0.0837. The maximum Gasteiger partial charge on any atom is 0.271 e. The zero-order valence-electron chi connectivity index (χ0n) is 27.9. The molecule has 6 heterocycles. The van der Waals surface area contributed by atoms with Crippen molar-refractivity contribution in [1.29, 1.82) is 0 Å². The zero-order chi connectivity index (χ0) is 32.4. The Morgan fingerprint density at radius 2 is 1.77 bits per heavy atom. The zero-order valence-corrected chi connectivity index (χ0v) is 27.9. The fourth-order valence-electron chi connectivity index (χ4n) is 7.86. The van der Waals surface area contributed by atoms with Crippen LogP contribution in [-0.2, 0) is 11.2 Å². The van der Waals surface area contributed by atoms with E-state index in [0.717, 1.165) is 38.0 Å². The van der Waals surface area contributed by atoms with Crippen LogP contribution in [-0.4, -0.2) is 102 Å². The van der Waals surface area contributed by atoms with Gasteiger partial charge in [-0.1, -0.05) is 13.0 Å². The predicted octanol–water partition coefficient (Wildman–Crippen LogP) is 4.53. The monoisotopic (exact) mass is 639 g/mol. The van der Waals surface area contributed by atoms with Crippen molar-refractivity contribution in [3.05, 3.63) is 53.9 Å². The molecule has 7 rings (SSSR count). The van der Waals surface area contributed by atoms with Crippen LogP contribution in [0.3, 0.4) is 0 Å². The van der Waals surface area contributed by atoms with Gasteiger partial charge in [0.15, 0.2) is 17.3 Å². The van der Waals surface area contributed by atoms with Crippen LogP contribution in [0.25, 0.3) is 11.4 Å². The van der Waals surface area contributed by atoms with E-state index in [1.165, 1.54) is 63.1 Å². The second kappa shape index (κ2) is 13.7. The van der Waals surface area contributed by atoms with Crippen LogP contribution in [0.2, 0.25) is 0 Å². The molecule has 0 aliphatic carbocycles. The van der Waals surface area contributed by atoms with Gasteiger partial charge < -0.3 is 30.9 Å². The van der Waals surface area contributed by atoms with Gasteiger partial charge in [0.05, 0.1) is 5.69 Å². The number of pyridine rings is 1. The lowest BCUT2D eigenvalue weighted by Crippen LogP contribution is -2.63. The largest absolute Gasteiger partial charge is 0.381 e. The van der Waals surface area contributed by atoms with Gasteiger partial charge in [0.1, 0.15) is 5.69 Å². The molecule has 47 heavy (non-hydrogen) atoms. The number of amides is 1. The van der Waals surface area contributed by atoms with Crippen molar-refractivity contribution in [2.75, 3.05) is 75.1 Å². The van der Waals surface area contributed by atoms with Gasteiger partial charge in [-0.25, -0.2) is 9.97 Å². The summed E-state index contributed by atoms with van der Waals surface area (Å²) in [5.41, 5.74) is 11.1. The van der Waals surface area contributed by atoms with Gasteiger partial charge in [0.25, 0.3) is 5.91 Å².